The molecule has 0 saturated heterocycles. The summed E-state index contributed by atoms with van der Waals surface area (Å²) in [6.07, 6.45) is 6.44. The number of nitrogens with two attached hydrogens (primary N) is 1. The highest BCUT2D eigenvalue weighted by Gasteiger charge is 2.17. The van der Waals surface area contributed by atoms with Gasteiger partial charge in [0, 0.05) is 33.3 Å². The van der Waals surface area contributed by atoms with Gasteiger partial charge in [0.15, 0.2) is 0 Å². The van der Waals surface area contributed by atoms with E-state index >= 15 is 0 Å². The van der Waals surface area contributed by atoms with Crippen molar-refractivity contribution in [3.8, 4) is 0 Å². The second kappa shape index (κ2) is 10.5. The SMILES string of the molecule is C/C=C\N/C(=C\C)C(=O)Nc1cc(C=N)c(N)c(C(C)Sc2ccccc2C)c1. The van der Waals surface area contributed by atoms with Crippen LogP contribution in [0.4, 0.5) is 11.4 Å². The zero-order chi connectivity index (χ0) is 21.4. The van der Waals surface area contributed by atoms with E-state index in [1.807, 2.05) is 31.2 Å². The van der Waals surface area contributed by atoms with Crippen LogP contribution in [0.3, 0.4) is 0 Å². The Bertz CT molecular complexity index is 950. The number of amides is 1. The summed E-state index contributed by atoms with van der Waals surface area (Å²) in [7, 11) is 0. The summed E-state index contributed by atoms with van der Waals surface area (Å²) in [6.45, 7) is 7.82. The van der Waals surface area contributed by atoms with Gasteiger partial charge >= 0.3 is 0 Å². The monoisotopic (exact) mass is 408 g/mol. The molecule has 2 aromatic carbocycles. The van der Waals surface area contributed by atoms with Crippen LogP contribution in [-0.2, 0) is 4.79 Å². The van der Waals surface area contributed by atoms with Crippen molar-refractivity contribution in [3.05, 3.63) is 77.1 Å². The second-order valence-corrected chi connectivity index (χ2v) is 7.92. The van der Waals surface area contributed by atoms with Gasteiger partial charge < -0.3 is 21.8 Å². The molecule has 0 saturated carbocycles. The first-order valence-electron chi connectivity index (χ1n) is 9.42. The van der Waals surface area contributed by atoms with Gasteiger partial charge in [-0.1, -0.05) is 30.4 Å². The third-order valence-corrected chi connectivity index (χ3v) is 5.75. The topological polar surface area (TPSA) is 91.0 Å². The van der Waals surface area contributed by atoms with Crippen molar-refractivity contribution >= 4 is 35.3 Å². The Morgan fingerprint density at radius 3 is 2.59 bits per heavy atom. The largest absolute Gasteiger partial charge is 0.398 e. The van der Waals surface area contributed by atoms with Gasteiger partial charge in [0.2, 0.25) is 0 Å². The van der Waals surface area contributed by atoms with Crippen LogP contribution in [0.15, 0.2) is 65.3 Å². The van der Waals surface area contributed by atoms with Crippen molar-refractivity contribution in [2.45, 2.75) is 37.8 Å². The van der Waals surface area contributed by atoms with Gasteiger partial charge in [-0.25, -0.2) is 0 Å². The zero-order valence-electron chi connectivity index (χ0n) is 17.2. The Morgan fingerprint density at radius 2 is 1.97 bits per heavy atom. The van der Waals surface area contributed by atoms with Gasteiger partial charge in [0.05, 0.1) is 5.70 Å². The molecule has 2 aromatic rings. The molecule has 5 nitrogen and oxygen atoms in total. The Labute approximate surface area is 177 Å². The van der Waals surface area contributed by atoms with Crippen molar-refractivity contribution in [1.82, 2.24) is 5.32 Å². The molecule has 1 amide bonds. The molecule has 0 heterocycles. The zero-order valence-corrected chi connectivity index (χ0v) is 18.1. The van der Waals surface area contributed by atoms with Crippen LogP contribution in [0.5, 0.6) is 0 Å². The molecule has 1 atom stereocenters. The predicted molar refractivity (Wildman–Crippen MR) is 125 cm³/mol. The van der Waals surface area contributed by atoms with Gasteiger partial charge in [0.1, 0.15) is 0 Å². The molecule has 0 bridgehead atoms. The van der Waals surface area contributed by atoms with Gasteiger partial charge in [-0.05, 0) is 63.2 Å². The fourth-order valence-corrected chi connectivity index (χ4v) is 3.93. The molecule has 6 heteroatoms. The maximum absolute atomic E-state index is 12.6. The number of thioether (sulfide) groups is 1. The van der Waals surface area contributed by atoms with E-state index in [2.05, 4.69) is 36.6 Å². The molecule has 0 fully saturated rings. The predicted octanol–water partition coefficient (Wildman–Crippen LogP) is 5.39. The minimum absolute atomic E-state index is 0.0500. The smallest absolute Gasteiger partial charge is 0.271 e. The normalized spacial score (nSPS) is 12.6. The number of carbonyl (C=O) groups is 1. The van der Waals surface area contributed by atoms with Crippen LogP contribution in [0.1, 0.15) is 42.7 Å². The van der Waals surface area contributed by atoms with Crippen molar-refractivity contribution in [2.75, 3.05) is 11.1 Å². The molecule has 0 aliphatic carbocycles. The molecule has 1 unspecified atom stereocenters. The fraction of sp³-hybridized carbons (Fsp3) is 0.217. The van der Waals surface area contributed by atoms with E-state index in [4.69, 9.17) is 11.1 Å². The van der Waals surface area contributed by atoms with Crippen LogP contribution >= 0.6 is 11.8 Å². The lowest BCUT2D eigenvalue weighted by Gasteiger charge is -2.19. The lowest BCUT2D eigenvalue weighted by atomic mass is 10.0. The number of hydrogen-bond acceptors (Lipinski definition) is 5. The van der Waals surface area contributed by atoms with E-state index in [1.54, 1.807) is 37.0 Å². The molecule has 5 N–H and O–H groups in total. The maximum atomic E-state index is 12.6. The number of allylic oxidation sites excluding steroid dienone is 2. The number of hydrogen-bond donors (Lipinski definition) is 4. The van der Waals surface area contributed by atoms with Gasteiger partial charge in [-0.15, -0.1) is 11.8 Å². The van der Waals surface area contributed by atoms with Crippen LogP contribution in [0, 0.1) is 12.3 Å². The average molecular weight is 409 g/mol. The lowest BCUT2D eigenvalue weighted by Crippen LogP contribution is -2.22. The van der Waals surface area contributed by atoms with Gasteiger partial charge in [0.25, 0.3) is 5.91 Å². The molecule has 0 spiro atoms. The van der Waals surface area contributed by atoms with E-state index in [9.17, 15) is 4.79 Å². The second-order valence-electron chi connectivity index (χ2n) is 6.54. The fourth-order valence-electron chi connectivity index (χ4n) is 2.82. The molecule has 2 rings (SSSR count). The molecule has 0 aromatic heterocycles. The van der Waals surface area contributed by atoms with Crippen molar-refractivity contribution < 1.29 is 4.79 Å². The molecule has 0 radical (unpaired) electrons. The van der Waals surface area contributed by atoms with Crippen molar-refractivity contribution in [3.63, 3.8) is 0 Å². The van der Waals surface area contributed by atoms with E-state index in [-0.39, 0.29) is 11.2 Å². The summed E-state index contributed by atoms with van der Waals surface area (Å²) in [5.41, 5.74) is 10.6. The first kappa shape index (κ1) is 22.3. The summed E-state index contributed by atoms with van der Waals surface area (Å²) in [5.74, 6) is -0.253. The number of carbonyl (C=O) groups excluding carboxylic acids is 1. The van der Waals surface area contributed by atoms with Crippen molar-refractivity contribution in [1.29, 1.82) is 5.41 Å². The molecular weight excluding hydrogens is 380 g/mol. The van der Waals surface area contributed by atoms with E-state index < -0.39 is 0 Å². The summed E-state index contributed by atoms with van der Waals surface area (Å²) < 4.78 is 0. The molecular formula is C23H28N4OS. The number of nitrogen functional groups attached to an aromatic ring is 1. The van der Waals surface area contributed by atoms with Gasteiger partial charge in [-0.2, -0.15) is 0 Å². The van der Waals surface area contributed by atoms with Crippen LogP contribution in [0.25, 0.3) is 0 Å². The van der Waals surface area contributed by atoms with Crippen LogP contribution in [0.2, 0.25) is 0 Å². The minimum atomic E-state index is -0.253. The van der Waals surface area contributed by atoms with E-state index in [0.29, 0.717) is 22.6 Å². The quantitative estimate of drug-likeness (QED) is 0.204. The highest BCUT2D eigenvalue weighted by molar-refractivity contribution is 7.99. The Morgan fingerprint density at radius 1 is 1.24 bits per heavy atom. The third-order valence-electron chi connectivity index (χ3n) is 4.43. The van der Waals surface area contributed by atoms with E-state index in [0.717, 1.165) is 5.56 Å². The summed E-state index contributed by atoms with van der Waals surface area (Å²) in [4.78, 5) is 13.8. The lowest BCUT2D eigenvalue weighted by molar-refractivity contribution is -0.113. The first-order valence-corrected chi connectivity index (χ1v) is 10.3. The van der Waals surface area contributed by atoms with Crippen molar-refractivity contribution in [2.24, 2.45) is 0 Å². The Kier molecular flexibility index (Phi) is 8.09. The Hall–Kier alpha value is -2.99. The molecule has 29 heavy (non-hydrogen) atoms. The standard InChI is InChI=1S/C23H28N4OS/c1-5-11-26-20(6-2)23(28)27-18-12-17(14-24)22(25)19(13-18)16(4)29-21-10-8-7-9-15(21)3/h5-14,16,24,26H,25H2,1-4H3,(H,27,28)/b11-5-,20-6-,24-14?. The first-order chi connectivity index (χ1) is 13.9. The minimum Gasteiger partial charge on any atom is -0.398 e. The summed E-state index contributed by atoms with van der Waals surface area (Å²) in [5, 5.41) is 13.6. The molecule has 0 aliphatic heterocycles. The average Bonchev–Trinajstić information content (AvgIpc) is 2.71. The number of nitrogens with one attached hydrogen (secondary N) is 3. The molecule has 152 valence electrons. The third kappa shape index (κ3) is 5.74. The highest BCUT2D eigenvalue weighted by Crippen LogP contribution is 2.40. The highest BCUT2D eigenvalue weighted by atomic mass is 32.2. The number of anilines is 2. The Balaban J connectivity index is 2.33. The summed E-state index contributed by atoms with van der Waals surface area (Å²) in [6, 6.07) is 11.8. The maximum Gasteiger partial charge on any atom is 0.271 e. The number of rotatable bonds is 8. The van der Waals surface area contributed by atoms with Crippen LogP contribution in [-0.4, -0.2) is 12.1 Å². The summed E-state index contributed by atoms with van der Waals surface area (Å²) >= 11 is 1.71. The van der Waals surface area contributed by atoms with Gasteiger partial charge in [-0.3, -0.25) is 4.79 Å². The molecule has 0 aliphatic rings. The number of aryl methyl sites for hydroxylation is 1. The van der Waals surface area contributed by atoms with E-state index in [1.165, 1.54) is 16.7 Å². The van der Waals surface area contributed by atoms with Crippen LogP contribution < -0.4 is 16.4 Å². The number of benzene rings is 2.